The Morgan fingerprint density at radius 2 is 2.00 bits per heavy atom. The van der Waals surface area contributed by atoms with Gasteiger partial charge in [-0.25, -0.2) is 0 Å². The van der Waals surface area contributed by atoms with Crippen molar-refractivity contribution in [1.82, 2.24) is 15.2 Å². The molecule has 1 heterocycles. The lowest BCUT2D eigenvalue weighted by molar-refractivity contribution is -0.121. The van der Waals surface area contributed by atoms with E-state index in [-0.39, 0.29) is 17.9 Å². The van der Waals surface area contributed by atoms with Gasteiger partial charge in [0.25, 0.3) is 0 Å². The first-order valence-corrected chi connectivity index (χ1v) is 6.72. The molecule has 0 atom stereocenters. The number of rotatable bonds is 6. The average molecular weight is 273 g/mol. The van der Waals surface area contributed by atoms with Gasteiger partial charge < -0.3 is 15.2 Å². The Morgan fingerprint density at radius 3 is 2.80 bits per heavy atom. The molecular weight excluding hydrogens is 254 g/mol. The summed E-state index contributed by atoms with van der Waals surface area (Å²) in [6, 6.07) is 8.82. The fraction of sp³-hybridized carbons (Fsp3) is 0.333. The van der Waals surface area contributed by atoms with Gasteiger partial charge in [0.05, 0.1) is 5.52 Å². The van der Waals surface area contributed by atoms with Gasteiger partial charge in [0.2, 0.25) is 5.91 Å². The first kappa shape index (κ1) is 14.3. The molecule has 1 aromatic heterocycles. The number of carbonyl (C=O) groups is 1. The van der Waals surface area contributed by atoms with E-state index in [1.54, 1.807) is 16.8 Å². The summed E-state index contributed by atoms with van der Waals surface area (Å²) in [5.41, 5.74) is 0.761. The van der Waals surface area contributed by atoms with Crippen LogP contribution in [0.2, 0.25) is 0 Å². The van der Waals surface area contributed by atoms with Gasteiger partial charge in [0, 0.05) is 24.2 Å². The van der Waals surface area contributed by atoms with E-state index in [0.29, 0.717) is 11.9 Å². The second kappa shape index (κ2) is 6.86. The Hall–Kier alpha value is -2.14. The monoisotopic (exact) mass is 273 g/mol. The summed E-state index contributed by atoms with van der Waals surface area (Å²) in [7, 11) is 1.88. The highest BCUT2D eigenvalue weighted by Crippen LogP contribution is 2.08. The van der Waals surface area contributed by atoms with Gasteiger partial charge in [-0.3, -0.25) is 9.59 Å². The summed E-state index contributed by atoms with van der Waals surface area (Å²) < 4.78 is 1.80. The molecule has 0 spiro atoms. The highest BCUT2D eigenvalue weighted by atomic mass is 16.2. The molecule has 20 heavy (non-hydrogen) atoms. The molecule has 0 aliphatic rings. The highest BCUT2D eigenvalue weighted by Gasteiger charge is 2.05. The maximum absolute atomic E-state index is 11.9. The summed E-state index contributed by atoms with van der Waals surface area (Å²) in [5.74, 6) is -0.0464. The van der Waals surface area contributed by atoms with E-state index in [0.717, 1.165) is 18.5 Å². The van der Waals surface area contributed by atoms with E-state index in [2.05, 4.69) is 10.6 Å². The molecule has 0 bridgehead atoms. The Bertz CT molecular complexity index is 649. The third-order valence-corrected chi connectivity index (χ3v) is 3.12. The van der Waals surface area contributed by atoms with E-state index in [9.17, 15) is 9.59 Å². The first-order chi connectivity index (χ1) is 9.72. The summed E-state index contributed by atoms with van der Waals surface area (Å²) in [6.45, 7) is 1.75. The van der Waals surface area contributed by atoms with Crippen LogP contribution in [0.4, 0.5) is 0 Å². The van der Waals surface area contributed by atoms with Crippen molar-refractivity contribution in [3.05, 3.63) is 46.8 Å². The minimum Gasteiger partial charge on any atom is -0.355 e. The predicted octanol–water partition coefficient (Wildman–Crippen LogP) is 0.727. The highest BCUT2D eigenvalue weighted by molar-refractivity contribution is 5.82. The smallest absolute Gasteiger partial charge is 0.239 e. The van der Waals surface area contributed by atoms with Crippen LogP contribution in [0.25, 0.3) is 10.9 Å². The van der Waals surface area contributed by atoms with Gasteiger partial charge in [-0.1, -0.05) is 12.1 Å². The minimum absolute atomic E-state index is 0.0220. The normalized spacial score (nSPS) is 10.7. The maximum atomic E-state index is 11.9. The first-order valence-electron chi connectivity index (χ1n) is 6.72. The standard InChI is InChI=1S/C15H19N3O2/c1-16-8-4-9-17-15(20)11-18-10-7-14(19)12-5-2-3-6-13(12)18/h2-3,5-7,10,16H,4,8-9,11H2,1H3,(H,17,20). The van der Waals surface area contributed by atoms with E-state index < -0.39 is 0 Å². The van der Waals surface area contributed by atoms with Crippen molar-refractivity contribution in [3.8, 4) is 0 Å². The van der Waals surface area contributed by atoms with Crippen molar-refractivity contribution in [3.63, 3.8) is 0 Å². The Morgan fingerprint density at radius 1 is 1.20 bits per heavy atom. The van der Waals surface area contributed by atoms with Crippen LogP contribution in [0, 0.1) is 0 Å². The van der Waals surface area contributed by atoms with Gasteiger partial charge in [0.1, 0.15) is 6.54 Å². The molecule has 1 aromatic carbocycles. The third-order valence-electron chi connectivity index (χ3n) is 3.12. The molecule has 0 fully saturated rings. The zero-order chi connectivity index (χ0) is 14.4. The second-order valence-electron chi connectivity index (χ2n) is 4.63. The number of aromatic nitrogens is 1. The summed E-state index contributed by atoms with van der Waals surface area (Å²) in [6.07, 6.45) is 2.56. The molecule has 0 saturated carbocycles. The topological polar surface area (TPSA) is 63.1 Å². The largest absolute Gasteiger partial charge is 0.355 e. The summed E-state index contributed by atoms with van der Waals surface area (Å²) in [4.78, 5) is 23.6. The molecule has 5 heteroatoms. The molecule has 0 unspecified atom stereocenters. The SMILES string of the molecule is CNCCCNC(=O)Cn1ccc(=O)c2ccccc21. The molecular formula is C15H19N3O2. The summed E-state index contributed by atoms with van der Waals surface area (Å²) in [5, 5.41) is 6.53. The lowest BCUT2D eigenvalue weighted by Crippen LogP contribution is -2.30. The molecule has 2 rings (SSSR count). The van der Waals surface area contributed by atoms with Crippen LogP contribution >= 0.6 is 0 Å². The van der Waals surface area contributed by atoms with Crippen LogP contribution < -0.4 is 16.1 Å². The molecule has 0 radical (unpaired) electrons. The van der Waals surface area contributed by atoms with Gasteiger partial charge in [-0.05, 0) is 32.1 Å². The van der Waals surface area contributed by atoms with E-state index in [1.807, 2.05) is 25.2 Å². The van der Waals surface area contributed by atoms with Crippen LogP contribution in [0.1, 0.15) is 6.42 Å². The quantitative estimate of drug-likeness (QED) is 0.763. The average Bonchev–Trinajstić information content (AvgIpc) is 2.47. The zero-order valence-electron chi connectivity index (χ0n) is 11.6. The minimum atomic E-state index is -0.0464. The second-order valence-corrected chi connectivity index (χ2v) is 4.63. The van der Waals surface area contributed by atoms with Crippen LogP contribution in [-0.2, 0) is 11.3 Å². The molecule has 1 amide bonds. The molecule has 5 nitrogen and oxygen atoms in total. The molecule has 0 saturated heterocycles. The number of nitrogens with one attached hydrogen (secondary N) is 2. The van der Waals surface area contributed by atoms with Crippen LogP contribution in [-0.4, -0.2) is 30.6 Å². The van der Waals surface area contributed by atoms with Crippen molar-refractivity contribution in [2.75, 3.05) is 20.1 Å². The van der Waals surface area contributed by atoms with E-state index >= 15 is 0 Å². The number of benzene rings is 1. The molecule has 2 aromatic rings. The number of carbonyl (C=O) groups excluding carboxylic acids is 1. The molecule has 0 aliphatic heterocycles. The molecule has 106 valence electrons. The van der Waals surface area contributed by atoms with Gasteiger partial charge in [-0.2, -0.15) is 0 Å². The summed E-state index contributed by atoms with van der Waals surface area (Å²) >= 11 is 0. The number of fused-ring (bicyclic) bond motifs is 1. The van der Waals surface area contributed by atoms with E-state index in [1.165, 1.54) is 6.07 Å². The lowest BCUT2D eigenvalue weighted by atomic mass is 10.2. The maximum Gasteiger partial charge on any atom is 0.239 e. The van der Waals surface area contributed by atoms with Crippen LogP contribution in [0.15, 0.2) is 41.3 Å². The number of para-hydroxylation sites is 1. The lowest BCUT2D eigenvalue weighted by Gasteiger charge is -2.10. The predicted molar refractivity (Wildman–Crippen MR) is 79.8 cm³/mol. The van der Waals surface area contributed by atoms with E-state index in [4.69, 9.17) is 0 Å². The molecule has 2 N–H and O–H groups in total. The van der Waals surface area contributed by atoms with Crippen molar-refractivity contribution in [2.24, 2.45) is 0 Å². The number of amides is 1. The van der Waals surface area contributed by atoms with Crippen molar-refractivity contribution >= 4 is 16.8 Å². The number of pyridine rings is 1. The fourth-order valence-electron chi connectivity index (χ4n) is 2.10. The number of hydrogen-bond donors (Lipinski definition) is 2. The Kier molecular flexibility index (Phi) is 4.90. The van der Waals surface area contributed by atoms with Crippen LogP contribution in [0.3, 0.4) is 0 Å². The zero-order valence-corrected chi connectivity index (χ0v) is 11.6. The number of hydrogen-bond acceptors (Lipinski definition) is 3. The van der Waals surface area contributed by atoms with Crippen LogP contribution in [0.5, 0.6) is 0 Å². The Labute approximate surface area is 117 Å². The van der Waals surface area contributed by atoms with Gasteiger partial charge in [-0.15, -0.1) is 0 Å². The van der Waals surface area contributed by atoms with Crippen molar-refractivity contribution in [1.29, 1.82) is 0 Å². The van der Waals surface area contributed by atoms with Crippen molar-refractivity contribution in [2.45, 2.75) is 13.0 Å². The fourth-order valence-corrected chi connectivity index (χ4v) is 2.10. The number of nitrogens with zero attached hydrogens (tertiary/aromatic N) is 1. The van der Waals surface area contributed by atoms with Gasteiger partial charge in [0.15, 0.2) is 5.43 Å². The van der Waals surface area contributed by atoms with Crippen molar-refractivity contribution < 1.29 is 4.79 Å². The third kappa shape index (κ3) is 3.45. The Balaban J connectivity index is 2.08. The molecule has 0 aliphatic carbocycles. The van der Waals surface area contributed by atoms with Gasteiger partial charge >= 0.3 is 0 Å².